The number of benzene rings is 1. The molecule has 0 aliphatic carbocycles. The summed E-state index contributed by atoms with van der Waals surface area (Å²) in [4.78, 5) is 9.49. The standard InChI is InChI=1S/C12H19O4P/c1-4-5-6-15-17(13,14)16-12-8-10(2)7-11(3)9-12/h7-9H,4-6H2,1-3H3,(H,13,14). The molecule has 1 atom stereocenters. The van der Waals surface area contributed by atoms with Crippen molar-refractivity contribution in [3.05, 3.63) is 29.3 Å². The van der Waals surface area contributed by atoms with E-state index in [0.29, 0.717) is 5.75 Å². The Balaban J connectivity index is 2.65. The fraction of sp³-hybridized carbons (Fsp3) is 0.500. The van der Waals surface area contributed by atoms with Gasteiger partial charge in [-0.05, 0) is 43.5 Å². The number of unbranched alkanes of at least 4 members (excludes halogenated alkanes) is 1. The van der Waals surface area contributed by atoms with Crippen molar-refractivity contribution in [2.45, 2.75) is 33.6 Å². The predicted molar refractivity (Wildman–Crippen MR) is 67.2 cm³/mol. The van der Waals surface area contributed by atoms with Crippen LogP contribution in [0, 0.1) is 13.8 Å². The second kappa shape index (κ2) is 6.20. The van der Waals surface area contributed by atoms with Crippen molar-refractivity contribution in [3.63, 3.8) is 0 Å². The van der Waals surface area contributed by atoms with Crippen molar-refractivity contribution >= 4 is 7.82 Å². The minimum absolute atomic E-state index is 0.231. The van der Waals surface area contributed by atoms with Gasteiger partial charge in [-0.3, -0.25) is 9.42 Å². The Labute approximate surface area is 102 Å². The fourth-order valence-corrected chi connectivity index (χ4v) is 2.25. The number of phosphoric acid groups is 1. The normalized spacial score (nSPS) is 14.4. The van der Waals surface area contributed by atoms with Crippen molar-refractivity contribution in [1.82, 2.24) is 0 Å². The van der Waals surface area contributed by atoms with Crippen LogP contribution in [0.4, 0.5) is 0 Å². The molecule has 1 aromatic rings. The Morgan fingerprint density at radius 3 is 2.35 bits per heavy atom. The van der Waals surface area contributed by atoms with Crippen molar-refractivity contribution in [2.24, 2.45) is 0 Å². The molecule has 1 aromatic carbocycles. The van der Waals surface area contributed by atoms with Crippen molar-refractivity contribution in [2.75, 3.05) is 6.61 Å². The van der Waals surface area contributed by atoms with Crippen LogP contribution in [0.5, 0.6) is 5.75 Å². The first-order valence-electron chi connectivity index (χ1n) is 5.68. The minimum atomic E-state index is -3.98. The maximum absolute atomic E-state index is 11.6. The molecule has 0 saturated carbocycles. The maximum Gasteiger partial charge on any atom is 0.527 e. The van der Waals surface area contributed by atoms with Gasteiger partial charge in [0, 0.05) is 0 Å². The van der Waals surface area contributed by atoms with Crippen molar-refractivity contribution < 1.29 is 18.5 Å². The van der Waals surface area contributed by atoms with E-state index in [2.05, 4.69) is 0 Å². The summed E-state index contributed by atoms with van der Waals surface area (Å²) in [5, 5.41) is 0. The summed E-state index contributed by atoms with van der Waals surface area (Å²) in [5.41, 5.74) is 1.96. The van der Waals surface area contributed by atoms with Gasteiger partial charge in [-0.25, -0.2) is 4.57 Å². The summed E-state index contributed by atoms with van der Waals surface area (Å²) < 4.78 is 21.4. The van der Waals surface area contributed by atoms with Crippen LogP contribution in [-0.4, -0.2) is 11.5 Å². The Morgan fingerprint density at radius 1 is 1.24 bits per heavy atom. The molecule has 0 aliphatic heterocycles. The molecule has 96 valence electrons. The fourth-order valence-electron chi connectivity index (χ4n) is 1.47. The SMILES string of the molecule is CCCCOP(=O)(O)Oc1cc(C)cc(C)c1. The van der Waals surface area contributed by atoms with Crippen LogP contribution in [0.2, 0.25) is 0 Å². The van der Waals surface area contributed by atoms with Gasteiger partial charge in [0.25, 0.3) is 0 Å². The lowest BCUT2D eigenvalue weighted by atomic mass is 10.1. The van der Waals surface area contributed by atoms with E-state index in [1.54, 1.807) is 12.1 Å². The van der Waals surface area contributed by atoms with Crippen LogP contribution in [-0.2, 0) is 9.09 Å². The van der Waals surface area contributed by atoms with Gasteiger partial charge < -0.3 is 4.52 Å². The third-order valence-corrected chi connectivity index (χ3v) is 3.12. The van der Waals surface area contributed by atoms with Crippen LogP contribution in [0.1, 0.15) is 30.9 Å². The van der Waals surface area contributed by atoms with Gasteiger partial charge >= 0.3 is 7.82 Å². The van der Waals surface area contributed by atoms with Gasteiger partial charge in [0.05, 0.1) is 6.61 Å². The van der Waals surface area contributed by atoms with E-state index in [4.69, 9.17) is 9.05 Å². The van der Waals surface area contributed by atoms with Gasteiger partial charge in [-0.15, -0.1) is 0 Å². The molecule has 0 fully saturated rings. The summed E-state index contributed by atoms with van der Waals surface area (Å²) in [7, 11) is -3.98. The highest BCUT2D eigenvalue weighted by Gasteiger charge is 2.22. The van der Waals surface area contributed by atoms with E-state index in [9.17, 15) is 9.46 Å². The molecule has 1 N–H and O–H groups in total. The van der Waals surface area contributed by atoms with E-state index in [1.807, 2.05) is 26.8 Å². The largest absolute Gasteiger partial charge is 0.527 e. The number of rotatable bonds is 6. The summed E-state index contributed by atoms with van der Waals surface area (Å²) in [6, 6.07) is 5.38. The molecule has 0 radical (unpaired) electrons. The van der Waals surface area contributed by atoms with Gasteiger partial charge in [0.2, 0.25) is 0 Å². The third kappa shape index (κ3) is 5.35. The zero-order valence-corrected chi connectivity index (χ0v) is 11.4. The van der Waals surface area contributed by atoms with E-state index in [-0.39, 0.29) is 6.61 Å². The van der Waals surface area contributed by atoms with Gasteiger partial charge in [0.1, 0.15) is 5.75 Å². The lowest BCUT2D eigenvalue weighted by Crippen LogP contribution is -1.99. The molecule has 0 aromatic heterocycles. The molecule has 4 nitrogen and oxygen atoms in total. The molecule has 0 spiro atoms. The first-order valence-corrected chi connectivity index (χ1v) is 7.18. The van der Waals surface area contributed by atoms with Gasteiger partial charge in [0.15, 0.2) is 0 Å². The van der Waals surface area contributed by atoms with E-state index in [1.165, 1.54) is 0 Å². The number of hydrogen-bond donors (Lipinski definition) is 1. The topological polar surface area (TPSA) is 55.8 Å². The van der Waals surface area contributed by atoms with E-state index >= 15 is 0 Å². The predicted octanol–water partition coefficient (Wildman–Crippen LogP) is 3.60. The first kappa shape index (κ1) is 14.2. The average molecular weight is 258 g/mol. The van der Waals surface area contributed by atoms with E-state index in [0.717, 1.165) is 24.0 Å². The number of hydrogen-bond acceptors (Lipinski definition) is 3. The summed E-state index contributed by atoms with van der Waals surface area (Å²) >= 11 is 0. The second-order valence-corrected chi connectivity index (χ2v) is 5.45. The van der Waals surface area contributed by atoms with Crippen LogP contribution < -0.4 is 4.52 Å². The summed E-state index contributed by atoms with van der Waals surface area (Å²) in [6.45, 7) is 6.02. The first-order chi connectivity index (χ1) is 7.93. The van der Waals surface area contributed by atoms with Crippen LogP contribution >= 0.6 is 7.82 Å². The molecule has 0 heterocycles. The van der Waals surface area contributed by atoms with Crippen molar-refractivity contribution in [1.29, 1.82) is 0 Å². The Bertz CT molecular complexity index is 397. The zero-order chi connectivity index (χ0) is 12.9. The highest BCUT2D eigenvalue weighted by Crippen LogP contribution is 2.44. The average Bonchev–Trinajstić information content (AvgIpc) is 2.14. The summed E-state index contributed by atoms with van der Waals surface area (Å²) in [6.07, 6.45) is 1.64. The Morgan fingerprint density at radius 2 is 1.82 bits per heavy atom. The molecular formula is C12H19O4P. The van der Waals surface area contributed by atoms with Gasteiger partial charge in [-0.1, -0.05) is 19.4 Å². The molecule has 5 heteroatoms. The highest BCUT2D eigenvalue weighted by molar-refractivity contribution is 7.47. The summed E-state index contributed by atoms with van der Waals surface area (Å²) in [5.74, 6) is 0.366. The highest BCUT2D eigenvalue weighted by atomic mass is 31.2. The Hall–Kier alpha value is -0.830. The number of aryl methyl sites for hydroxylation is 2. The van der Waals surface area contributed by atoms with Crippen LogP contribution in [0.15, 0.2) is 18.2 Å². The lowest BCUT2D eigenvalue weighted by molar-refractivity contribution is 0.200. The van der Waals surface area contributed by atoms with Crippen LogP contribution in [0.25, 0.3) is 0 Å². The smallest absolute Gasteiger partial charge is 0.404 e. The molecule has 0 bridgehead atoms. The lowest BCUT2D eigenvalue weighted by Gasteiger charge is -2.13. The molecule has 1 unspecified atom stereocenters. The zero-order valence-electron chi connectivity index (χ0n) is 10.5. The quantitative estimate of drug-likeness (QED) is 0.625. The molecular weight excluding hydrogens is 239 g/mol. The van der Waals surface area contributed by atoms with Crippen molar-refractivity contribution in [3.8, 4) is 5.75 Å². The van der Waals surface area contributed by atoms with E-state index < -0.39 is 7.82 Å². The molecule has 0 aliphatic rings. The molecule has 0 saturated heterocycles. The minimum Gasteiger partial charge on any atom is -0.404 e. The molecule has 0 amide bonds. The molecule has 17 heavy (non-hydrogen) atoms. The monoisotopic (exact) mass is 258 g/mol. The van der Waals surface area contributed by atoms with Gasteiger partial charge in [-0.2, -0.15) is 0 Å². The second-order valence-electron chi connectivity index (χ2n) is 4.07. The third-order valence-electron chi connectivity index (χ3n) is 2.17. The molecule has 1 rings (SSSR count). The number of phosphoric ester groups is 1. The van der Waals surface area contributed by atoms with Crippen LogP contribution in [0.3, 0.4) is 0 Å². The Kier molecular flexibility index (Phi) is 5.19. The maximum atomic E-state index is 11.6.